The number of carbonyl (C=O) groups excluding carboxylic acids is 1. The van der Waals surface area contributed by atoms with Crippen LogP contribution in [0.2, 0.25) is 0 Å². The highest BCUT2D eigenvalue weighted by molar-refractivity contribution is 9.10. The van der Waals surface area contributed by atoms with Gasteiger partial charge >= 0.3 is 0 Å². The molecule has 2 aromatic carbocycles. The molecule has 0 aliphatic rings. The number of halogens is 1. The Hall–Kier alpha value is -1.85. The first kappa shape index (κ1) is 15.5. The number of carbonyl (C=O) groups is 1. The number of hydrogen-bond acceptors (Lipinski definition) is 3. The number of nitrogens with one attached hydrogen (secondary N) is 2. The molecule has 0 aliphatic carbocycles. The maximum atomic E-state index is 11.8. The summed E-state index contributed by atoms with van der Waals surface area (Å²) in [5.41, 5.74) is 1.86. The predicted octanol–water partition coefficient (Wildman–Crippen LogP) is 3.19. The molecule has 0 atom stereocenters. The highest BCUT2D eigenvalue weighted by atomic mass is 79.9. The molecule has 0 unspecified atom stereocenters. The van der Waals surface area contributed by atoms with Gasteiger partial charge in [-0.3, -0.25) is 4.79 Å². The molecular weight excluding hydrogens is 332 g/mol. The number of amides is 1. The quantitative estimate of drug-likeness (QED) is 0.842. The summed E-state index contributed by atoms with van der Waals surface area (Å²) in [5, 5.41) is 5.86. The Morgan fingerprint density at radius 1 is 1.19 bits per heavy atom. The average molecular weight is 349 g/mol. The second-order valence-electron chi connectivity index (χ2n) is 4.52. The summed E-state index contributed by atoms with van der Waals surface area (Å²) < 4.78 is 6.47. The van der Waals surface area contributed by atoms with E-state index in [2.05, 4.69) is 26.6 Å². The summed E-state index contributed by atoms with van der Waals surface area (Å²) in [6.07, 6.45) is 0. The van der Waals surface area contributed by atoms with Gasteiger partial charge in [0.25, 0.3) is 5.91 Å². The number of hydrogen-bond donors (Lipinski definition) is 2. The van der Waals surface area contributed by atoms with Gasteiger partial charge in [0.05, 0.1) is 0 Å². The molecule has 0 saturated carbocycles. The summed E-state index contributed by atoms with van der Waals surface area (Å²) >= 11 is 3.35. The first-order valence-electron chi connectivity index (χ1n) is 6.59. The van der Waals surface area contributed by atoms with Crippen LogP contribution in [0, 0.1) is 0 Å². The molecule has 0 radical (unpaired) electrons. The zero-order chi connectivity index (χ0) is 15.1. The van der Waals surface area contributed by atoms with Crippen molar-refractivity contribution in [2.45, 2.75) is 6.54 Å². The standard InChI is InChI=1S/C16H17BrN2O2/c1-18-10-12-3-2-4-15(9-12)21-11-16(20)19-14-7-5-13(17)6-8-14/h2-9,18H,10-11H2,1H3,(H,19,20). The van der Waals surface area contributed by atoms with Crippen molar-refractivity contribution in [2.24, 2.45) is 0 Å². The first-order valence-corrected chi connectivity index (χ1v) is 7.38. The van der Waals surface area contributed by atoms with Gasteiger partial charge in [0.2, 0.25) is 0 Å². The van der Waals surface area contributed by atoms with Crippen molar-refractivity contribution < 1.29 is 9.53 Å². The van der Waals surface area contributed by atoms with Gasteiger partial charge in [-0.25, -0.2) is 0 Å². The lowest BCUT2D eigenvalue weighted by atomic mass is 10.2. The van der Waals surface area contributed by atoms with Gasteiger partial charge in [-0.05, 0) is 49.0 Å². The van der Waals surface area contributed by atoms with Gasteiger partial charge in [0, 0.05) is 16.7 Å². The SMILES string of the molecule is CNCc1cccc(OCC(=O)Nc2ccc(Br)cc2)c1. The topological polar surface area (TPSA) is 50.4 Å². The van der Waals surface area contributed by atoms with E-state index in [1.165, 1.54) is 0 Å². The van der Waals surface area contributed by atoms with Crippen molar-refractivity contribution in [3.05, 3.63) is 58.6 Å². The molecule has 0 heterocycles. The van der Waals surface area contributed by atoms with Crippen LogP contribution in [0.4, 0.5) is 5.69 Å². The molecule has 5 heteroatoms. The minimum Gasteiger partial charge on any atom is -0.484 e. The van der Waals surface area contributed by atoms with Gasteiger partial charge in [0.1, 0.15) is 5.75 Å². The summed E-state index contributed by atoms with van der Waals surface area (Å²) in [4.78, 5) is 11.8. The van der Waals surface area contributed by atoms with Crippen LogP contribution in [0.15, 0.2) is 53.0 Å². The lowest BCUT2D eigenvalue weighted by Crippen LogP contribution is -2.20. The van der Waals surface area contributed by atoms with E-state index < -0.39 is 0 Å². The van der Waals surface area contributed by atoms with Crippen LogP contribution in [-0.2, 0) is 11.3 Å². The lowest BCUT2D eigenvalue weighted by Gasteiger charge is -2.09. The van der Waals surface area contributed by atoms with E-state index in [9.17, 15) is 4.79 Å². The van der Waals surface area contributed by atoms with Crippen LogP contribution in [0.3, 0.4) is 0 Å². The molecule has 2 rings (SSSR count). The van der Waals surface area contributed by atoms with Gasteiger partial charge < -0.3 is 15.4 Å². The molecular formula is C16H17BrN2O2. The molecule has 1 amide bonds. The van der Waals surface area contributed by atoms with Crippen molar-refractivity contribution >= 4 is 27.5 Å². The molecule has 0 aromatic heterocycles. The van der Waals surface area contributed by atoms with E-state index in [-0.39, 0.29) is 12.5 Å². The molecule has 0 fully saturated rings. The Morgan fingerprint density at radius 3 is 2.67 bits per heavy atom. The van der Waals surface area contributed by atoms with Crippen molar-refractivity contribution in [1.82, 2.24) is 5.32 Å². The van der Waals surface area contributed by atoms with Crippen LogP contribution in [0.5, 0.6) is 5.75 Å². The first-order chi connectivity index (χ1) is 10.2. The molecule has 110 valence electrons. The number of anilines is 1. The Bertz CT molecular complexity index is 599. The molecule has 0 aliphatic heterocycles. The molecule has 0 saturated heterocycles. The Morgan fingerprint density at radius 2 is 1.95 bits per heavy atom. The van der Waals surface area contributed by atoms with Gasteiger partial charge in [-0.15, -0.1) is 0 Å². The van der Waals surface area contributed by atoms with Crippen LogP contribution in [-0.4, -0.2) is 19.6 Å². The fourth-order valence-electron chi connectivity index (χ4n) is 1.83. The molecule has 0 spiro atoms. The normalized spacial score (nSPS) is 10.2. The second kappa shape index (κ2) is 7.81. The minimum atomic E-state index is -0.184. The van der Waals surface area contributed by atoms with Crippen LogP contribution in [0.25, 0.3) is 0 Å². The minimum absolute atomic E-state index is 0.0148. The van der Waals surface area contributed by atoms with Crippen molar-refractivity contribution in [2.75, 3.05) is 19.0 Å². The van der Waals surface area contributed by atoms with Crippen LogP contribution < -0.4 is 15.4 Å². The Balaban J connectivity index is 1.86. The van der Waals surface area contributed by atoms with Gasteiger partial charge in [-0.1, -0.05) is 28.1 Å². The fraction of sp³-hybridized carbons (Fsp3) is 0.188. The third-order valence-corrected chi connectivity index (χ3v) is 3.31. The number of ether oxygens (including phenoxy) is 1. The molecule has 0 bridgehead atoms. The van der Waals surface area contributed by atoms with E-state index in [4.69, 9.17) is 4.74 Å². The third kappa shape index (κ3) is 5.21. The van der Waals surface area contributed by atoms with E-state index in [1.807, 2.05) is 55.6 Å². The average Bonchev–Trinajstić information content (AvgIpc) is 2.48. The predicted molar refractivity (Wildman–Crippen MR) is 87.5 cm³/mol. The van der Waals surface area contributed by atoms with Crippen LogP contribution >= 0.6 is 15.9 Å². The Labute approximate surface area is 132 Å². The smallest absolute Gasteiger partial charge is 0.262 e. The monoisotopic (exact) mass is 348 g/mol. The van der Waals surface area contributed by atoms with Crippen molar-refractivity contribution in [3.8, 4) is 5.75 Å². The summed E-state index contributed by atoms with van der Waals surface area (Å²) in [6.45, 7) is 0.751. The van der Waals surface area contributed by atoms with E-state index in [0.717, 1.165) is 22.3 Å². The zero-order valence-electron chi connectivity index (χ0n) is 11.7. The third-order valence-electron chi connectivity index (χ3n) is 2.78. The zero-order valence-corrected chi connectivity index (χ0v) is 13.3. The van der Waals surface area contributed by atoms with E-state index in [0.29, 0.717) is 5.75 Å². The van der Waals surface area contributed by atoms with E-state index >= 15 is 0 Å². The highest BCUT2D eigenvalue weighted by Crippen LogP contribution is 2.15. The van der Waals surface area contributed by atoms with Crippen molar-refractivity contribution in [3.63, 3.8) is 0 Å². The highest BCUT2D eigenvalue weighted by Gasteiger charge is 2.04. The molecule has 2 N–H and O–H groups in total. The van der Waals surface area contributed by atoms with Gasteiger partial charge in [-0.2, -0.15) is 0 Å². The van der Waals surface area contributed by atoms with E-state index in [1.54, 1.807) is 0 Å². The summed E-state index contributed by atoms with van der Waals surface area (Å²) in [6, 6.07) is 15.1. The van der Waals surface area contributed by atoms with Crippen molar-refractivity contribution in [1.29, 1.82) is 0 Å². The summed E-state index contributed by atoms with van der Waals surface area (Å²) in [7, 11) is 1.89. The number of rotatable bonds is 6. The maximum Gasteiger partial charge on any atom is 0.262 e. The van der Waals surface area contributed by atoms with Crippen LogP contribution in [0.1, 0.15) is 5.56 Å². The van der Waals surface area contributed by atoms with Gasteiger partial charge in [0.15, 0.2) is 6.61 Å². The fourth-order valence-corrected chi connectivity index (χ4v) is 2.09. The molecule has 4 nitrogen and oxygen atoms in total. The molecule has 21 heavy (non-hydrogen) atoms. The lowest BCUT2D eigenvalue weighted by molar-refractivity contribution is -0.118. The number of benzene rings is 2. The second-order valence-corrected chi connectivity index (χ2v) is 5.44. The molecule has 2 aromatic rings. The summed E-state index contributed by atoms with van der Waals surface area (Å²) in [5.74, 6) is 0.505. The maximum absolute atomic E-state index is 11.8. The largest absolute Gasteiger partial charge is 0.484 e. The Kier molecular flexibility index (Phi) is 5.78.